The summed E-state index contributed by atoms with van der Waals surface area (Å²) in [7, 11) is 0. The van der Waals surface area contributed by atoms with Crippen LogP contribution in [-0.4, -0.2) is 5.91 Å². The lowest BCUT2D eigenvalue weighted by Crippen LogP contribution is -2.35. The number of carbonyl (C=O) groups is 1. The van der Waals surface area contributed by atoms with Gasteiger partial charge in [-0.15, -0.1) is 0 Å². The zero-order chi connectivity index (χ0) is 13.7. The molecule has 98 valence electrons. The first kappa shape index (κ1) is 13.3. The fraction of sp³-hybridized carbons (Fsp3) is 0.188. The van der Waals surface area contributed by atoms with Gasteiger partial charge < -0.3 is 11.1 Å². The Balaban J connectivity index is 2.02. The molecular formula is C16H18N2O. The molecule has 0 heterocycles. The minimum atomic E-state index is -0.632. The van der Waals surface area contributed by atoms with Gasteiger partial charge >= 0.3 is 0 Å². The molecule has 0 radical (unpaired) electrons. The van der Waals surface area contributed by atoms with E-state index >= 15 is 0 Å². The SMILES string of the molecule is CC(NC(=O)C(N)c1ccccc1)c1ccccc1. The Morgan fingerprint density at radius 2 is 1.42 bits per heavy atom. The monoisotopic (exact) mass is 254 g/mol. The molecule has 1 amide bonds. The van der Waals surface area contributed by atoms with Gasteiger partial charge in [-0.3, -0.25) is 4.79 Å². The van der Waals surface area contributed by atoms with Crippen molar-refractivity contribution in [1.29, 1.82) is 0 Å². The van der Waals surface area contributed by atoms with Crippen molar-refractivity contribution in [3.63, 3.8) is 0 Å². The number of nitrogens with two attached hydrogens (primary N) is 1. The first-order valence-corrected chi connectivity index (χ1v) is 6.34. The van der Waals surface area contributed by atoms with Crippen LogP contribution in [0, 0.1) is 0 Å². The average molecular weight is 254 g/mol. The highest BCUT2D eigenvalue weighted by Gasteiger charge is 2.17. The van der Waals surface area contributed by atoms with Crippen LogP contribution in [0.2, 0.25) is 0 Å². The van der Waals surface area contributed by atoms with E-state index in [4.69, 9.17) is 5.73 Å². The molecule has 2 rings (SSSR count). The summed E-state index contributed by atoms with van der Waals surface area (Å²) in [6.07, 6.45) is 0. The van der Waals surface area contributed by atoms with E-state index < -0.39 is 6.04 Å². The molecular weight excluding hydrogens is 236 g/mol. The highest BCUT2D eigenvalue weighted by Crippen LogP contribution is 2.14. The van der Waals surface area contributed by atoms with Crippen molar-refractivity contribution in [1.82, 2.24) is 5.32 Å². The number of amides is 1. The quantitative estimate of drug-likeness (QED) is 0.881. The summed E-state index contributed by atoms with van der Waals surface area (Å²) in [4.78, 5) is 12.1. The van der Waals surface area contributed by atoms with E-state index in [1.54, 1.807) is 0 Å². The Morgan fingerprint density at radius 1 is 0.947 bits per heavy atom. The number of hydrogen-bond acceptors (Lipinski definition) is 2. The normalized spacial score (nSPS) is 13.6. The van der Waals surface area contributed by atoms with Crippen molar-refractivity contribution in [2.45, 2.75) is 19.0 Å². The fourth-order valence-corrected chi connectivity index (χ4v) is 1.94. The lowest BCUT2D eigenvalue weighted by atomic mass is 10.1. The van der Waals surface area contributed by atoms with Crippen LogP contribution in [0.4, 0.5) is 0 Å². The van der Waals surface area contributed by atoms with Gasteiger partial charge in [0.25, 0.3) is 0 Å². The van der Waals surface area contributed by atoms with Gasteiger partial charge in [-0.05, 0) is 18.1 Å². The molecule has 0 aliphatic carbocycles. The van der Waals surface area contributed by atoms with Crippen LogP contribution in [0.3, 0.4) is 0 Å². The molecule has 2 unspecified atom stereocenters. The van der Waals surface area contributed by atoms with Gasteiger partial charge in [-0.2, -0.15) is 0 Å². The van der Waals surface area contributed by atoms with Gasteiger partial charge in [0.1, 0.15) is 6.04 Å². The van der Waals surface area contributed by atoms with Crippen molar-refractivity contribution in [3.8, 4) is 0 Å². The standard InChI is InChI=1S/C16H18N2O/c1-12(13-8-4-2-5-9-13)18-16(19)15(17)14-10-6-3-7-11-14/h2-12,15H,17H2,1H3,(H,18,19). The molecule has 3 nitrogen and oxygen atoms in total. The van der Waals surface area contributed by atoms with Gasteiger partial charge in [0, 0.05) is 0 Å². The molecule has 3 heteroatoms. The first-order valence-electron chi connectivity index (χ1n) is 6.34. The number of hydrogen-bond donors (Lipinski definition) is 2. The van der Waals surface area contributed by atoms with Crippen LogP contribution in [0.15, 0.2) is 60.7 Å². The third-order valence-corrected chi connectivity index (χ3v) is 3.10. The van der Waals surface area contributed by atoms with Crippen molar-refractivity contribution in [3.05, 3.63) is 71.8 Å². The van der Waals surface area contributed by atoms with Gasteiger partial charge in [-0.1, -0.05) is 60.7 Å². The minimum absolute atomic E-state index is 0.0523. The zero-order valence-corrected chi connectivity index (χ0v) is 10.9. The molecule has 0 saturated carbocycles. The van der Waals surface area contributed by atoms with Crippen LogP contribution < -0.4 is 11.1 Å². The molecule has 0 aliphatic heterocycles. The Labute approximate surface area is 113 Å². The van der Waals surface area contributed by atoms with Crippen LogP contribution >= 0.6 is 0 Å². The average Bonchev–Trinajstić information content (AvgIpc) is 2.48. The summed E-state index contributed by atoms with van der Waals surface area (Å²) < 4.78 is 0. The molecule has 19 heavy (non-hydrogen) atoms. The van der Waals surface area contributed by atoms with Crippen LogP contribution in [0.5, 0.6) is 0 Å². The van der Waals surface area contributed by atoms with Gasteiger partial charge in [0.2, 0.25) is 5.91 Å². The van der Waals surface area contributed by atoms with E-state index in [1.165, 1.54) is 0 Å². The number of nitrogens with one attached hydrogen (secondary N) is 1. The molecule has 0 bridgehead atoms. The Bertz CT molecular complexity index is 525. The van der Waals surface area contributed by atoms with Crippen LogP contribution in [0.1, 0.15) is 30.1 Å². The molecule has 2 aromatic carbocycles. The van der Waals surface area contributed by atoms with Crippen molar-refractivity contribution in [2.75, 3.05) is 0 Å². The van der Waals surface area contributed by atoms with Gasteiger partial charge in [0.15, 0.2) is 0 Å². The molecule has 2 atom stereocenters. The zero-order valence-electron chi connectivity index (χ0n) is 10.9. The second-order valence-corrected chi connectivity index (χ2v) is 4.53. The Kier molecular flexibility index (Phi) is 4.31. The summed E-state index contributed by atoms with van der Waals surface area (Å²) in [6, 6.07) is 18.5. The smallest absolute Gasteiger partial charge is 0.241 e. The van der Waals surface area contributed by atoms with Crippen LogP contribution in [-0.2, 0) is 4.79 Å². The molecule has 0 fully saturated rings. The maximum atomic E-state index is 12.1. The Hall–Kier alpha value is -2.13. The molecule has 0 aliphatic rings. The van der Waals surface area contributed by atoms with Gasteiger partial charge in [-0.25, -0.2) is 0 Å². The fourth-order valence-electron chi connectivity index (χ4n) is 1.94. The summed E-state index contributed by atoms with van der Waals surface area (Å²) in [6.45, 7) is 1.95. The van der Waals surface area contributed by atoms with E-state index in [1.807, 2.05) is 67.6 Å². The topological polar surface area (TPSA) is 55.1 Å². The van der Waals surface area contributed by atoms with E-state index in [0.717, 1.165) is 11.1 Å². The summed E-state index contributed by atoms with van der Waals surface area (Å²) >= 11 is 0. The largest absolute Gasteiger partial charge is 0.348 e. The second kappa shape index (κ2) is 6.16. The highest BCUT2D eigenvalue weighted by molar-refractivity contribution is 5.83. The molecule has 0 saturated heterocycles. The molecule has 3 N–H and O–H groups in total. The Morgan fingerprint density at radius 3 is 1.95 bits per heavy atom. The number of rotatable bonds is 4. The van der Waals surface area contributed by atoms with Crippen molar-refractivity contribution in [2.24, 2.45) is 5.73 Å². The number of benzene rings is 2. The lowest BCUT2D eigenvalue weighted by molar-refractivity contribution is -0.123. The third kappa shape index (κ3) is 3.42. The number of carbonyl (C=O) groups excluding carboxylic acids is 1. The summed E-state index contributed by atoms with van der Waals surface area (Å²) in [5.74, 6) is -0.164. The van der Waals surface area contributed by atoms with E-state index in [0.29, 0.717) is 0 Å². The summed E-state index contributed by atoms with van der Waals surface area (Å²) in [5.41, 5.74) is 7.84. The molecule has 0 aromatic heterocycles. The van der Waals surface area contributed by atoms with Crippen LogP contribution in [0.25, 0.3) is 0 Å². The minimum Gasteiger partial charge on any atom is -0.348 e. The highest BCUT2D eigenvalue weighted by atomic mass is 16.2. The first-order chi connectivity index (χ1) is 9.18. The maximum Gasteiger partial charge on any atom is 0.241 e. The van der Waals surface area contributed by atoms with Crippen molar-refractivity contribution < 1.29 is 4.79 Å². The third-order valence-electron chi connectivity index (χ3n) is 3.10. The lowest BCUT2D eigenvalue weighted by Gasteiger charge is -2.18. The molecule has 0 spiro atoms. The predicted molar refractivity (Wildman–Crippen MR) is 76.4 cm³/mol. The van der Waals surface area contributed by atoms with E-state index in [-0.39, 0.29) is 11.9 Å². The summed E-state index contributed by atoms with van der Waals surface area (Å²) in [5, 5.41) is 2.93. The van der Waals surface area contributed by atoms with Crippen molar-refractivity contribution >= 4 is 5.91 Å². The predicted octanol–water partition coefficient (Wildman–Crippen LogP) is 2.56. The maximum absolute atomic E-state index is 12.1. The van der Waals surface area contributed by atoms with E-state index in [2.05, 4.69) is 5.32 Å². The van der Waals surface area contributed by atoms with Gasteiger partial charge in [0.05, 0.1) is 6.04 Å². The van der Waals surface area contributed by atoms with E-state index in [9.17, 15) is 4.79 Å². The molecule has 2 aromatic rings. The second-order valence-electron chi connectivity index (χ2n) is 4.53.